The van der Waals surface area contributed by atoms with Gasteiger partial charge in [0.05, 0.1) is 18.8 Å². The maximum atomic E-state index is 9.27. The van der Waals surface area contributed by atoms with E-state index in [1.807, 2.05) is 0 Å². The molecule has 0 radical (unpaired) electrons. The van der Waals surface area contributed by atoms with Crippen LogP contribution in [-0.4, -0.2) is 61.1 Å². The molecule has 1 rings (SSSR count). The molecular weight excluding hydrogens is 200 g/mol. The monoisotopic (exact) mass is 220 g/mol. The smallest absolute Gasteiger partial charge is 0.0859 e. The predicted molar refractivity (Wildman–Crippen MR) is 53.4 cm³/mol. The summed E-state index contributed by atoms with van der Waals surface area (Å²) in [5.41, 5.74) is 0. The Morgan fingerprint density at radius 1 is 1.20 bits per heavy atom. The van der Waals surface area contributed by atoms with E-state index in [4.69, 9.17) is 14.6 Å². The summed E-state index contributed by atoms with van der Waals surface area (Å²) in [5, 5.41) is 27.4. The summed E-state index contributed by atoms with van der Waals surface area (Å²) >= 11 is 0. The first-order valence-electron chi connectivity index (χ1n) is 5.25. The van der Waals surface area contributed by atoms with Crippen LogP contribution in [-0.2, 0) is 9.47 Å². The third-order valence-corrected chi connectivity index (χ3v) is 3.12. The number of ether oxygens (including phenoxy) is 2. The molecule has 1 saturated heterocycles. The molecule has 1 aliphatic rings. The van der Waals surface area contributed by atoms with E-state index in [1.54, 1.807) is 7.11 Å². The Kier molecular flexibility index (Phi) is 5.49. The molecule has 0 spiro atoms. The molecule has 0 aromatic rings. The summed E-state index contributed by atoms with van der Waals surface area (Å²) in [6.45, 7) is 0.338. The minimum Gasteiger partial charge on any atom is -0.396 e. The van der Waals surface area contributed by atoms with E-state index in [-0.39, 0.29) is 43.9 Å². The minimum atomic E-state index is -0.191. The van der Waals surface area contributed by atoms with E-state index < -0.39 is 0 Å². The van der Waals surface area contributed by atoms with Gasteiger partial charge in [0.2, 0.25) is 0 Å². The molecule has 4 atom stereocenters. The molecule has 5 heteroatoms. The number of hydrogen-bond donors (Lipinski definition) is 3. The van der Waals surface area contributed by atoms with E-state index in [9.17, 15) is 10.2 Å². The van der Waals surface area contributed by atoms with E-state index in [0.717, 1.165) is 0 Å². The second kappa shape index (κ2) is 6.40. The third kappa shape index (κ3) is 2.89. The normalized spacial score (nSPS) is 36.8. The van der Waals surface area contributed by atoms with Crippen molar-refractivity contribution in [2.75, 3.05) is 33.5 Å². The fourth-order valence-corrected chi connectivity index (χ4v) is 2.19. The summed E-state index contributed by atoms with van der Waals surface area (Å²) < 4.78 is 10.7. The molecule has 0 aromatic carbocycles. The Morgan fingerprint density at radius 3 is 2.33 bits per heavy atom. The molecule has 3 N–H and O–H groups in total. The largest absolute Gasteiger partial charge is 0.396 e. The average molecular weight is 220 g/mol. The van der Waals surface area contributed by atoms with Crippen molar-refractivity contribution >= 4 is 0 Å². The van der Waals surface area contributed by atoms with Crippen LogP contribution in [0, 0.1) is 11.8 Å². The van der Waals surface area contributed by atoms with Gasteiger partial charge in [-0.1, -0.05) is 0 Å². The van der Waals surface area contributed by atoms with Crippen LogP contribution in [0.3, 0.4) is 0 Å². The molecule has 0 saturated carbocycles. The fraction of sp³-hybridized carbons (Fsp3) is 1.00. The summed E-state index contributed by atoms with van der Waals surface area (Å²) in [6.07, 6.45) is 0.115. The quantitative estimate of drug-likeness (QED) is 0.554. The standard InChI is InChI=1S/C10H20O5/c1-14-10-6-15-9(2-3-11)7(4-12)8(10)5-13/h7-13H,2-6H2,1H3/t7-,8-,9?,10?/m0/s1. The Morgan fingerprint density at radius 2 is 1.87 bits per heavy atom. The van der Waals surface area contributed by atoms with Crippen molar-refractivity contribution in [3.8, 4) is 0 Å². The number of aliphatic hydroxyl groups is 3. The molecule has 2 unspecified atom stereocenters. The number of methoxy groups -OCH3 is 1. The molecule has 15 heavy (non-hydrogen) atoms. The van der Waals surface area contributed by atoms with E-state index >= 15 is 0 Å². The summed E-state index contributed by atoms with van der Waals surface area (Å²) in [4.78, 5) is 0. The molecule has 1 aliphatic heterocycles. The topological polar surface area (TPSA) is 79.2 Å². The molecule has 0 amide bonds. The van der Waals surface area contributed by atoms with Gasteiger partial charge in [0, 0.05) is 38.8 Å². The highest BCUT2D eigenvalue weighted by molar-refractivity contribution is 4.86. The Hall–Kier alpha value is -0.200. The molecule has 0 aliphatic carbocycles. The van der Waals surface area contributed by atoms with Crippen LogP contribution in [0.15, 0.2) is 0 Å². The van der Waals surface area contributed by atoms with Crippen LogP contribution in [0.2, 0.25) is 0 Å². The van der Waals surface area contributed by atoms with Crippen LogP contribution in [0.4, 0.5) is 0 Å². The molecular formula is C10H20O5. The van der Waals surface area contributed by atoms with Crippen molar-refractivity contribution in [1.82, 2.24) is 0 Å². The molecule has 1 heterocycles. The Bertz CT molecular complexity index is 175. The summed E-state index contributed by atoms with van der Waals surface area (Å²) in [7, 11) is 1.57. The first kappa shape index (κ1) is 12.9. The van der Waals surface area contributed by atoms with Crippen LogP contribution >= 0.6 is 0 Å². The van der Waals surface area contributed by atoms with Crippen LogP contribution in [0.25, 0.3) is 0 Å². The summed E-state index contributed by atoms with van der Waals surface area (Å²) in [6, 6.07) is 0. The molecule has 0 bridgehead atoms. The van der Waals surface area contributed by atoms with Crippen molar-refractivity contribution in [2.45, 2.75) is 18.6 Å². The molecule has 1 fully saturated rings. The SMILES string of the molecule is COC1COC(CCO)[C@@H](CO)[C@@H]1CO. The molecule has 5 nitrogen and oxygen atoms in total. The van der Waals surface area contributed by atoms with Crippen molar-refractivity contribution in [1.29, 1.82) is 0 Å². The lowest BCUT2D eigenvalue weighted by molar-refractivity contribution is -0.161. The van der Waals surface area contributed by atoms with Gasteiger partial charge in [0.25, 0.3) is 0 Å². The van der Waals surface area contributed by atoms with Crippen LogP contribution < -0.4 is 0 Å². The van der Waals surface area contributed by atoms with Gasteiger partial charge in [0.15, 0.2) is 0 Å². The first-order valence-corrected chi connectivity index (χ1v) is 5.25. The van der Waals surface area contributed by atoms with Gasteiger partial charge in [-0.25, -0.2) is 0 Å². The van der Waals surface area contributed by atoms with Crippen molar-refractivity contribution in [3.63, 3.8) is 0 Å². The van der Waals surface area contributed by atoms with E-state index in [1.165, 1.54) is 0 Å². The number of rotatable bonds is 5. The molecule has 90 valence electrons. The van der Waals surface area contributed by atoms with Gasteiger partial charge < -0.3 is 24.8 Å². The van der Waals surface area contributed by atoms with Crippen LogP contribution in [0.5, 0.6) is 0 Å². The fourth-order valence-electron chi connectivity index (χ4n) is 2.19. The zero-order valence-corrected chi connectivity index (χ0v) is 9.00. The average Bonchev–Trinajstić information content (AvgIpc) is 2.28. The maximum absolute atomic E-state index is 9.27. The number of aliphatic hydroxyl groups excluding tert-OH is 3. The van der Waals surface area contributed by atoms with Gasteiger partial charge in [-0.05, 0) is 6.42 Å². The highest BCUT2D eigenvalue weighted by Gasteiger charge is 2.39. The second-order valence-electron chi connectivity index (χ2n) is 3.85. The van der Waals surface area contributed by atoms with Crippen LogP contribution in [0.1, 0.15) is 6.42 Å². The van der Waals surface area contributed by atoms with E-state index in [2.05, 4.69) is 0 Å². The minimum absolute atomic E-state index is 0.0248. The van der Waals surface area contributed by atoms with Gasteiger partial charge in [-0.3, -0.25) is 0 Å². The second-order valence-corrected chi connectivity index (χ2v) is 3.85. The Labute approximate surface area is 89.6 Å². The predicted octanol–water partition coefficient (Wildman–Crippen LogP) is -1.00. The van der Waals surface area contributed by atoms with Gasteiger partial charge >= 0.3 is 0 Å². The zero-order valence-electron chi connectivity index (χ0n) is 9.00. The lowest BCUT2D eigenvalue weighted by atomic mass is 9.81. The lowest BCUT2D eigenvalue weighted by Gasteiger charge is -2.40. The Balaban J connectivity index is 2.65. The first-order chi connectivity index (χ1) is 7.28. The van der Waals surface area contributed by atoms with E-state index in [0.29, 0.717) is 13.0 Å². The third-order valence-electron chi connectivity index (χ3n) is 3.12. The number of hydrogen-bond acceptors (Lipinski definition) is 5. The highest BCUT2D eigenvalue weighted by atomic mass is 16.5. The zero-order chi connectivity index (χ0) is 11.3. The van der Waals surface area contributed by atoms with Gasteiger partial charge in [-0.15, -0.1) is 0 Å². The summed E-state index contributed by atoms with van der Waals surface area (Å²) in [5.74, 6) is -0.286. The highest BCUT2D eigenvalue weighted by Crippen LogP contribution is 2.30. The molecule has 0 aromatic heterocycles. The van der Waals surface area contributed by atoms with Crippen molar-refractivity contribution < 1.29 is 24.8 Å². The van der Waals surface area contributed by atoms with Gasteiger partial charge in [-0.2, -0.15) is 0 Å². The maximum Gasteiger partial charge on any atom is 0.0859 e. The van der Waals surface area contributed by atoms with Crippen molar-refractivity contribution in [3.05, 3.63) is 0 Å². The van der Waals surface area contributed by atoms with Crippen molar-refractivity contribution in [2.24, 2.45) is 11.8 Å². The lowest BCUT2D eigenvalue weighted by Crippen LogP contribution is -2.49. The van der Waals surface area contributed by atoms with Gasteiger partial charge in [0.1, 0.15) is 0 Å².